The van der Waals surface area contributed by atoms with Crippen molar-refractivity contribution in [2.45, 2.75) is 51.1 Å². The summed E-state index contributed by atoms with van der Waals surface area (Å²) in [7, 11) is 1.71. The SMILES string of the molecule is COCCN(c1cc(C(=O)Cc2ccc(CN)cc2)ncn1)C1CCCCC1. The van der Waals surface area contributed by atoms with Crippen LogP contribution < -0.4 is 10.6 Å². The van der Waals surface area contributed by atoms with Crippen molar-refractivity contribution < 1.29 is 9.53 Å². The van der Waals surface area contributed by atoms with Crippen LogP contribution in [0.2, 0.25) is 0 Å². The predicted molar refractivity (Wildman–Crippen MR) is 110 cm³/mol. The number of nitrogens with zero attached hydrogens (tertiary/aromatic N) is 3. The predicted octanol–water partition coefficient (Wildman–Crippen LogP) is 3.15. The second-order valence-electron chi connectivity index (χ2n) is 7.36. The number of carbonyl (C=O) groups is 1. The first-order chi connectivity index (χ1) is 13.7. The summed E-state index contributed by atoms with van der Waals surface area (Å²) in [5.41, 5.74) is 8.12. The van der Waals surface area contributed by atoms with E-state index in [2.05, 4.69) is 14.9 Å². The Kier molecular flexibility index (Phi) is 7.51. The summed E-state index contributed by atoms with van der Waals surface area (Å²) in [4.78, 5) is 23.8. The van der Waals surface area contributed by atoms with Crippen molar-refractivity contribution in [3.05, 3.63) is 53.5 Å². The Morgan fingerprint density at radius 3 is 2.54 bits per heavy atom. The Bertz CT molecular complexity index is 757. The number of ketones is 1. The van der Waals surface area contributed by atoms with Gasteiger partial charge < -0.3 is 15.4 Å². The largest absolute Gasteiger partial charge is 0.383 e. The molecule has 0 radical (unpaired) electrons. The maximum atomic E-state index is 12.8. The zero-order chi connectivity index (χ0) is 19.8. The lowest BCUT2D eigenvalue weighted by molar-refractivity contribution is 0.0988. The average molecular weight is 383 g/mol. The maximum Gasteiger partial charge on any atom is 0.185 e. The van der Waals surface area contributed by atoms with E-state index in [-0.39, 0.29) is 5.78 Å². The molecule has 6 heteroatoms. The molecule has 0 unspecified atom stereocenters. The first kappa shape index (κ1) is 20.4. The fourth-order valence-corrected chi connectivity index (χ4v) is 3.79. The summed E-state index contributed by atoms with van der Waals surface area (Å²) in [5, 5.41) is 0. The molecule has 2 N–H and O–H groups in total. The average Bonchev–Trinajstić information content (AvgIpc) is 2.75. The molecule has 1 aliphatic carbocycles. The standard InChI is InChI=1S/C22H30N4O2/c1-28-12-11-26(19-5-3-2-4-6-19)22-14-20(24-16-25-22)21(27)13-17-7-9-18(15-23)10-8-17/h7-10,14,16,19H,2-6,11-13,15,23H2,1H3. The van der Waals surface area contributed by atoms with E-state index in [1.54, 1.807) is 7.11 Å². The Morgan fingerprint density at radius 2 is 1.86 bits per heavy atom. The molecular formula is C22H30N4O2. The lowest BCUT2D eigenvalue weighted by Crippen LogP contribution is -2.39. The summed E-state index contributed by atoms with van der Waals surface area (Å²) in [6.07, 6.45) is 7.92. The minimum Gasteiger partial charge on any atom is -0.383 e. The van der Waals surface area contributed by atoms with Crippen LogP contribution in [0.3, 0.4) is 0 Å². The number of nitrogens with two attached hydrogens (primary N) is 1. The van der Waals surface area contributed by atoms with Gasteiger partial charge in [0, 0.05) is 38.7 Å². The molecule has 1 aromatic carbocycles. The molecule has 0 saturated heterocycles. The van der Waals surface area contributed by atoms with Gasteiger partial charge in [-0.3, -0.25) is 4.79 Å². The number of hydrogen-bond donors (Lipinski definition) is 1. The highest BCUT2D eigenvalue weighted by molar-refractivity contribution is 5.96. The van der Waals surface area contributed by atoms with Gasteiger partial charge in [0.05, 0.1) is 6.61 Å². The van der Waals surface area contributed by atoms with Crippen LogP contribution in [0.15, 0.2) is 36.7 Å². The highest BCUT2D eigenvalue weighted by atomic mass is 16.5. The molecule has 3 rings (SSSR count). The number of rotatable bonds is 9. The van der Waals surface area contributed by atoms with E-state index in [0.717, 1.165) is 36.3 Å². The molecule has 0 bridgehead atoms. The summed E-state index contributed by atoms with van der Waals surface area (Å²) >= 11 is 0. The normalized spacial score (nSPS) is 14.8. The van der Waals surface area contributed by atoms with Crippen LogP contribution in [0.1, 0.15) is 53.7 Å². The molecule has 0 atom stereocenters. The van der Waals surface area contributed by atoms with Crippen molar-refractivity contribution >= 4 is 11.6 Å². The molecule has 0 spiro atoms. The molecule has 1 heterocycles. The van der Waals surface area contributed by atoms with Crippen LogP contribution in [-0.2, 0) is 17.7 Å². The third kappa shape index (κ3) is 5.36. The fourth-order valence-electron chi connectivity index (χ4n) is 3.79. The molecule has 1 fully saturated rings. The van der Waals surface area contributed by atoms with Gasteiger partial charge in [-0.15, -0.1) is 0 Å². The first-order valence-electron chi connectivity index (χ1n) is 10.1. The zero-order valence-electron chi connectivity index (χ0n) is 16.6. The van der Waals surface area contributed by atoms with Crippen molar-refractivity contribution in [1.29, 1.82) is 0 Å². The second kappa shape index (κ2) is 10.3. The number of methoxy groups -OCH3 is 1. The number of benzene rings is 1. The van der Waals surface area contributed by atoms with Gasteiger partial charge in [0.15, 0.2) is 5.78 Å². The zero-order valence-corrected chi connectivity index (χ0v) is 16.6. The van der Waals surface area contributed by atoms with E-state index in [1.807, 2.05) is 30.3 Å². The molecule has 1 saturated carbocycles. The van der Waals surface area contributed by atoms with Gasteiger partial charge in [-0.1, -0.05) is 43.5 Å². The second-order valence-corrected chi connectivity index (χ2v) is 7.36. The lowest BCUT2D eigenvalue weighted by Gasteiger charge is -2.35. The monoisotopic (exact) mass is 382 g/mol. The van der Waals surface area contributed by atoms with Crippen molar-refractivity contribution in [3.8, 4) is 0 Å². The van der Waals surface area contributed by atoms with E-state index in [4.69, 9.17) is 10.5 Å². The third-order valence-corrected chi connectivity index (χ3v) is 5.41. The third-order valence-electron chi connectivity index (χ3n) is 5.41. The van der Waals surface area contributed by atoms with E-state index in [9.17, 15) is 4.79 Å². The minimum absolute atomic E-state index is 0.000478. The van der Waals surface area contributed by atoms with Gasteiger partial charge in [0.1, 0.15) is 17.8 Å². The van der Waals surface area contributed by atoms with E-state index >= 15 is 0 Å². The molecule has 6 nitrogen and oxygen atoms in total. The Morgan fingerprint density at radius 1 is 1.14 bits per heavy atom. The molecule has 0 amide bonds. The van der Waals surface area contributed by atoms with E-state index in [0.29, 0.717) is 31.3 Å². The Labute approximate surface area is 167 Å². The molecule has 150 valence electrons. The number of Topliss-reactive ketones (excluding diaryl/α,β-unsaturated/α-hetero) is 1. The quantitative estimate of drug-likeness (QED) is 0.671. The molecule has 0 aliphatic heterocycles. The summed E-state index contributed by atoms with van der Waals surface area (Å²) in [6, 6.07) is 10.1. The highest BCUT2D eigenvalue weighted by Gasteiger charge is 2.23. The van der Waals surface area contributed by atoms with Crippen LogP contribution in [0, 0.1) is 0 Å². The minimum atomic E-state index is -0.000478. The van der Waals surface area contributed by atoms with Gasteiger partial charge in [0.2, 0.25) is 0 Å². The smallest absolute Gasteiger partial charge is 0.185 e. The Hall–Kier alpha value is -2.31. The van der Waals surface area contributed by atoms with Crippen LogP contribution in [0.25, 0.3) is 0 Å². The summed E-state index contributed by atoms with van der Waals surface area (Å²) in [6.45, 7) is 1.91. The van der Waals surface area contributed by atoms with E-state index < -0.39 is 0 Å². The highest BCUT2D eigenvalue weighted by Crippen LogP contribution is 2.26. The van der Waals surface area contributed by atoms with Crippen molar-refractivity contribution in [1.82, 2.24) is 9.97 Å². The molecule has 28 heavy (non-hydrogen) atoms. The summed E-state index contributed by atoms with van der Waals surface area (Å²) < 4.78 is 5.30. The molecule has 2 aromatic rings. The maximum absolute atomic E-state index is 12.8. The number of ether oxygens (including phenoxy) is 1. The molecule has 1 aromatic heterocycles. The number of carbonyl (C=O) groups excluding carboxylic acids is 1. The Balaban J connectivity index is 1.75. The van der Waals surface area contributed by atoms with Crippen molar-refractivity contribution in [3.63, 3.8) is 0 Å². The lowest BCUT2D eigenvalue weighted by atomic mass is 9.94. The van der Waals surface area contributed by atoms with Crippen molar-refractivity contribution in [2.24, 2.45) is 5.73 Å². The fraction of sp³-hybridized carbons (Fsp3) is 0.500. The van der Waals surface area contributed by atoms with Crippen LogP contribution in [-0.4, -0.2) is 42.1 Å². The first-order valence-corrected chi connectivity index (χ1v) is 10.1. The van der Waals surface area contributed by atoms with Crippen LogP contribution in [0.4, 0.5) is 5.82 Å². The van der Waals surface area contributed by atoms with Gasteiger partial charge in [0.25, 0.3) is 0 Å². The van der Waals surface area contributed by atoms with Crippen LogP contribution >= 0.6 is 0 Å². The number of anilines is 1. The molecule has 1 aliphatic rings. The molecular weight excluding hydrogens is 352 g/mol. The van der Waals surface area contributed by atoms with Gasteiger partial charge in [-0.25, -0.2) is 9.97 Å². The number of hydrogen-bond acceptors (Lipinski definition) is 6. The van der Waals surface area contributed by atoms with Crippen LogP contribution in [0.5, 0.6) is 0 Å². The van der Waals surface area contributed by atoms with E-state index in [1.165, 1.54) is 25.6 Å². The van der Waals surface area contributed by atoms with Gasteiger partial charge in [-0.2, -0.15) is 0 Å². The van der Waals surface area contributed by atoms with Crippen molar-refractivity contribution in [2.75, 3.05) is 25.2 Å². The number of aromatic nitrogens is 2. The topological polar surface area (TPSA) is 81.3 Å². The van der Waals surface area contributed by atoms with Gasteiger partial charge >= 0.3 is 0 Å². The summed E-state index contributed by atoms with van der Waals surface area (Å²) in [5.74, 6) is 0.820. The van der Waals surface area contributed by atoms with Gasteiger partial charge in [-0.05, 0) is 24.0 Å².